The molecule has 0 amide bonds. The Morgan fingerprint density at radius 3 is 2.55 bits per heavy atom. The highest BCUT2D eigenvalue weighted by Gasteiger charge is 2.13. The van der Waals surface area contributed by atoms with Gasteiger partial charge >= 0.3 is 5.69 Å². The van der Waals surface area contributed by atoms with Crippen LogP contribution in [-0.2, 0) is 0 Å². The normalized spacial score (nSPS) is 10.9. The van der Waals surface area contributed by atoms with Crippen molar-refractivity contribution in [3.05, 3.63) is 74.9 Å². The number of rotatable bonds is 1. The van der Waals surface area contributed by atoms with Crippen molar-refractivity contribution in [3.63, 3.8) is 0 Å². The monoisotopic (exact) mass is 274 g/mol. The van der Waals surface area contributed by atoms with Crippen molar-refractivity contribution in [2.45, 2.75) is 0 Å². The maximum atomic E-state index is 13.7. The molecule has 0 saturated carbocycles. The van der Waals surface area contributed by atoms with Gasteiger partial charge in [-0.15, -0.1) is 0 Å². The Balaban J connectivity index is 2.46. The number of hydrogen-bond donors (Lipinski definition) is 1. The molecule has 0 unspecified atom stereocenters. The zero-order valence-electron chi connectivity index (χ0n) is 10.1. The van der Waals surface area contributed by atoms with E-state index in [-0.39, 0.29) is 5.39 Å². The van der Waals surface area contributed by atoms with Gasteiger partial charge in [0, 0.05) is 6.07 Å². The predicted octanol–water partition coefficient (Wildman–Crippen LogP) is 1.96. The molecule has 1 heterocycles. The van der Waals surface area contributed by atoms with Gasteiger partial charge < -0.3 is 4.98 Å². The summed E-state index contributed by atoms with van der Waals surface area (Å²) < 4.78 is 27.5. The summed E-state index contributed by atoms with van der Waals surface area (Å²) in [5.74, 6) is -1.59. The predicted molar refractivity (Wildman–Crippen MR) is 70.1 cm³/mol. The third kappa shape index (κ3) is 1.82. The molecule has 0 fully saturated rings. The standard InChI is InChI=1S/C14H8F2N2O2/c15-8-5-6-10(16)12(7-8)18-13(19)9-3-1-2-4-11(9)17-14(18)20/h1-7H,(H,17,20). The van der Waals surface area contributed by atoms with Crippen LogP contribution in [0.3, 0.4) is 0 Å². The van der Waals surface area contributed by atoms with Crippen LogP contribution in [-0.4, -0.2) is 9.55 Å². The van der Waals surface area contributed by atoms with Crippen LogP contribution in [0.15, 0.2) is 52.1 Å². The number of para-hydroxylation sites is 1. The fraction of sp³-hybridized carbons (Fsp3) is 0. The minimum atomic E-state index is -0.853. The summed E-state index contributed by atoms with van der Waals surface area (Å²) in [7, 11) is 0. The van der Waals surface area contributed by atoms with Gasteiger partial charge in [0.2, 0.25) is 0 Å². The summed E-state index contributed by atoms with van der Waals surface area (Å²) in [5, 5.41) is 0.218. The molecule has 1 N–H and O–H groups in total. The van der Waals surface area contributed by atoms with E-state index in [1.54, 1.807) is 18.2 Å². The Kier molecular flexibility index (Phi) is 2.71. The minimum Gasteiger partial charge on any atom is -0.306 e. The lowest BCUT2D eigenvalue weighted by Gasteiger charge is -2.07. The number of nitrogens with one attached hydrogen (secondary N) is 1. The molecule has 3 aromatic rings. The Hall–Kier alpha value is -2.76. The molecule has 1 aromatic heterocycles. The van der Waals surface area contributed by atoms with Crippen molar-refractivity contribution in [3.8, 4) is 5.69 Å². The number of H-pyrrole nitrogens is 1. The number of hydrogen-bond acceptors (Lipinski definition) is 2. The number of aromatic nitrogens is 2. The molecule has 3 rings (SSSR count). The number of fused-ring (bicyclic) bond motifs is 1. The summed E-state index contributed by atoms with van der Waals surface area (Å²) in [4.78, 5) is 26.7. The molecule has 0 aliphatic carbocycles. The second-order valence-electron chi connectivity index (χ2n) is 4.21. The average Bonchev–Trinajstić information content (AvgIpc) is 2.42. The topological polar surface area (TPSA) is 54.9 Å². The van der Waals surface area contributed by atoms with E-state index in [1.807, 2.05) is 0 Å². The third-order valence-corrected chi connectivity index (χ3v) is 2.95. The SMILES string of the molecule is O=c1[nH]c2ccccc2c(=O)n1-c1cc(F)ccc1F. The quantitative estimate of drug-likeness (QED) is 0.737. The zero-order valence-corrected chi connectivity index (χ0v) is 10.1. The van der Waals surface area contributed by atoms with Crippen molar-refractivity contribution in [2.75, 3.05) is 0 Å². The number of nitrogens with zero attached hydrogens (tertiary/aromatic N) is 1. The average molecular weight is 274 g/mol. The Labute approximate surface area is 110 Å². The molecule has 0 aliphatic rings. The van der Waals surface area contributed by atoms with E-state index in [0.29, 0.717) is 10.1 Å². The van der Waals surface area contributed by atoms with Crippen LogP contribution in [0.5, 0.6) is 0 Å². The molecule has 0 atom stereocenters. The van der Waals surface area contributed by atoms with Crippen LogP contribution >= 0.6 is 0 Å². The highest BCUT2D eigenvalue weighted by Crippen LogP contribution is 2.12. The van der Waals surface area contributed by atoms with Gasteiger partial charge in [0.05, 0.1) is 16.6 Å². The maximum Gasteiger partial charge on any atom is 0.333 e. The first-order valence-corrected chi connectivity index (χ1v) is 5.77. The van der Waals surface area contributed by atoms with Crippen LogP contribution in [0.2, 0.25) is 0 Å². The van der Waals surface area contributed by atoms with Gasteiger partial charge in [-0.2, -0.15) is 0 Å². The fourth-order valence-electron chi connectivity index (χ4n) is 2.04. The maximum absolute atomic E-state index is 13.7. The van der Waals surface area contributed by atoms with Crippen molar-refractivity contribution < 1.29 is 8.78 Å². The van der Waals surface area contributed by atoms with Crippen molar-refractivity contribution >= 4 is 10.9 Å². The van der Waals surface area contributed by atoms with Crippen LogP contribution in [0, 0.1) is 11.6 Å². The van der Waals surface area contributed by atoms with E-state index in [0.717, 1.165) is 18.2 Å². The van der Waals surface area contributed by atoms with Crippen molar-refractivity contribution in [1.29, 1.82) is 0 Å². The van der Waals surface area contributed by atoms with Crippen LogP contribution in [0.4, 0.5) is 8.78 Å². The molecule has 0 bridgehead atoms. The summed E-state index contributed by atoms with van der Waals surface area (Å²) in [6.07, 6.45) is 0. The molecule has 20 heavy (non-hydrogen) atoms. The molecule has 6 heteroatoms. The molecule has 2 aromatic carbocycles. The Morgan fingerprint density at radius 2 is 1.75 bits per heavy atom. The fourth-order valence-corrected chi connectivity index (χ4v) is 2.04. The van der Waals surface area contributed by atoms with Gasteiger partial charge in [0.1, 0.15) is 11.6 Å². The van der Waals surface area contributed by atoms with Gasteiger partial charge in [-0.3, -0.25) is 4.79 Å². The first-order valence-electron chi connectivity index (χ1n) is 5.77. The van der Waals surface area contributed by atoms with Crippen LogP contribution < -0.4 is 11.2 Å². The van der Waals surface area contributed by atoms with Gasteiger partial charge in [0.25, 0.3) is 5.56 Å². The largest absolute Gasteiger partial charge is 0.333 e. The highest BCUT2D eigenvalue weighted by molar-refractivity contribution is 5.77. The Bertz CT molecular complexity index is 928. The highest BCUT2D eigenvalue weighted by atomic mass is 19.1. The van der Waals surface area contributed by atoms with E-state index in [4.69, 9.17) is 0 Å². The first kappa shape index (κ1) is 12.3. The van der Waals surface area contributed by atoms with E-state index >= 15 is 0 Å². The zero-order chi connectivity index (χ0) is 14.3. The number of halogens is 2. The van der Waals surface area contributed by atoms with Gasteiger partial charge in [-0.25, -0.2) is 18.1 Å². The lowest BCUT2D eigenvalue weighted by Crippen LogP contribution is -2.34. The van der Waals surface area contributed by atoms with Gasteiger partial charge in [-0.1, -0.05) is 12.1 Å². The van der Waals surface area contributed by atoms with Crippen LogP contribution in [0.1, 0.15) is 0 Å². The number of aromatic amines is 1. The smallest absolute Gasteiger partial charge is 0.306 e. The number of benzene rings is 2. The summed E-state index contributed by atoms with van der Waals surface area (Å²) in [5.41, 5.74) is -1.59. The van der Waals surface area contributed by atoms with E-state index in [1.165, 1.54) is 6.07 Å². The molecule has 4 nitrogen and oxygen atoms in total. The van der Waals surface area contributed by atoms with E-state index in [9.17, 15) is 18.4 Å². The lowest BCUT2D eigenvalue weighted by atomic mass is 10.2. The molecule has 0 radical (unpaired) electrons. The van der Waals surface area contributed by atoms with E-state index in [2.05, 4.69) is 4.98 Å². The lowest BCUT2D eigenvalue weighted by molar-refractivity contribution is 0.589. The van der Waals surface area contributed by atoms with E-state index < -0.39 is 28.6 Å². The van der Waals surface area contributed by atoms with Crippen LogP contribution in [0.25, 0.3) is 16.6 Å². The second kappa shape index (κ2) is 4.41. The van der Waals surface area contributed by atoms with Crippen molar-refractivity contribution in [2.24, 2.45) is 0 Å². The molecule has 0 aliphatic heterocycles. The molecular weight excluding hydrogens is 266 g/mol. The molecular formula is C14H8F2N2O2. The summed E-state index contributed by atoms with van der Waals surface area (Å²) in [6.45, 7) is 0. The second-order valence-corrected chi connectivity index (χ2v) is 4.21. The summed E-state index contributed by atoms with van der Waals surface area (Å²) in [6, 6.07) is 8.93. The first-order chi connectivity index (χ1) is 9.58. The molecule has 0 saturated heterocycles. The van der Waals surface area contributed by atoms with Crippen molar-refractivity contribution in [1.82, 2.24) is 9.55 Å². The van der Waals surface area contributed by atoms with Gasteiger partial charge in [-0.05, 0) is 24.3 Å². The molecule has 100 valence electrons. The minimum absolute atomic E-state index is 0.218. The Morgan fingerprint density at radius 1 is 1.00 bits per heavy atom. The van der Waals surface area contributed by atoms with Gasteiger partial charge in [0.15, 0.2) is 0 Å². The summed E-state index contributed by atoms with van der Waals surface area (Å²) >= 11 is 0. The molecule has 0 spiro atoms. The third-order valence-electron chi connectivity index (χ3n) is 2.95.